The van der Waals surface area contributed by atoms with Crippen LogP contribution in [-0.4, -0.2) is 12.4 Å². The molecule has 0 amide bonds. The highest BCUT2D eigenvalue weighted by atomic mass is 35.5. The van der Waals surface area contributed by atoms with Crippen molar-refractivity contribution in [2.24, 2.45) is 0 Å². The van der Waals surface area contributed by atoms with Gasteiger partial charge in [-0.3, -0.25) is 4.79 Å². The van der Waals surface area contributed by atoms with Crippen LogP contribution in [0.15, 0.2) is 12.3 Å². The molecule has 0 aromatic carbocycles. The summed E-state index contributed by atoms with van der Waals surface area (Å²) in [5.74, 6) is 0.369. The van der Waals surface area contributed by atoms with E-state index in [9.17, 15) is 4.79 Å². The number of rotatable bonds is 3. The summed E-state index contributed by atoms with van der Waals surface area (Å²) in [7, 11) is 0. The van der Waals surface area contributed by atoms with Crippen LogP contribution >= 0.6 is 11.6 Å². The Morgan fingerprint density at radius 1 is 1.71 bits per heavy atom. The fourth-order valence-electron chi connectivity index (χ4n) is 0.124. The van der Waals surface area contributed by atoms with E-state index in [1.54, 1.807) is 0 Å². The minimum absolute atomic E-state index is 0.336. The lowest BCUT2D eigenvalue weighted by molar-refractivity contribution is -0.123. The molecule has 0 aliphatic carbocycles. The molecule has 0 aliphatic rings. The number of carbonyl (C=O) groups excluding carboxylic acids is 1. The van der Waals surface area contributed by atoms with Crippen LogP contribution in [0.25, 0.3) is 0 Å². The molecule has 0 rings (SSSR count). The van der Waals surface area contributed by atoms with Gasteiger partial charge in [-0.1, -0.05) is 0 Å². The van der Waals surface area contributed by atoms with E-state index in [1.165, 1.54) is 12.3 Å². The summed E-state index contributed by atoms with van der Waals surface area (Å²) in [5.41, 5.74) is 0. The Labute approximate surface area is 46.7 Å². The smallest absolute Gasteiger partial charge is 0.297 e. The van der Waals surface area contributed by atoms with Gasteiger partial charge in [0.2, 0.25) is 0 Å². The lowest BCUT2D eigenvalue weighted by Crippen LogP contribution is -1.71. The topological polar surface area (TPSA) is 26.3 Å². The van der Waals surface area contributed by atoms with Crippen LogP contribution in [-0.2, 0) is 9.53 Å². The molecule has 0 atom stereocenters. The largest absolute Gasteiger partial charge is 0.437 e. The monoisotopic (exact) mass is 120 g/mol. The molecule has 0 bridgehead atoms. The van der Waals surface area contributed by atoms with Gasteiger partial charge >= 0.3 is 0 Å². The van der Waals surface area contributed by atoms with Crippen LogP contribution in [0.5, 0.6) is 0 Å². The van der Waals surface area contributed by atoms with E-state index in [0.717, 1.165) is 0 Å². The number of allylic oxidation sites excluding steroid dienone is 1. The second-order valence-electron chi connectivity index (χ2n) is 0.758. The molecule has 0 fully saturated rings. The summed E-state index contributed by atoms with van der Waals surface area (Å²) in [6.07, 6.45) is 2.76. The third kappa shape index (κ3) is 5.50. The molecule has 0 saturated carbocycles. The number of halogens is 1. The Balaban J connectivity index is 2.92. The molecule has 0 aromatic rings. The molecule has 2 nitrogen and oxygen atoms in total. The first kappa shape index (κ1) is 6.50. The van der Waals surface area contributed by atoms with Crippen molar-refractivity contribution in [3.8, 4) is 0 Å². The van der Waals surface area contributed by atoms with Crippen molar-refractivity contribution in [1.29, 1.82) is 0 Å². The van der Waals surface area contributed by atoms with Crippen molar-refractivity contribution < 1.29 is 9.53 Å². The quantitative estimate of drug-likeness (QED) is 0.314. The van der Waals surface area contributed by atoms with E-state index >= 15 is 0 Å². The molecule has 0 aliphatic heterocycles. The van der Waals surface area contributed by atoms with E-state index in [0.29, 0.717) is 12.4 Å². The zero-order chi connectivity index (χ0) is 5.54. The number of carbonyl (C=O) groups is 1. The molecule has 0 heterocycles. The highest BCUT2D eigenvalue weighted by Crippen LogP contribution is 1.76. The van der Waals surface area contributed by atoms with Gasteiger partial charge in [0.15, 0.2) is 0 Å². The first-order chi connectivity index (χ1) is 3.41. The first-order valence-corrected chi connectivity index (χ1v) is 2.25. The fourth-order valence-corrected chi connectivity index (χ4v) is 0.197. The Kier molecular flexibility index (Phi) is 5.11. The fraction of sp³-hybridized carbons (Fsp3) is 0.250. The molecule has 0 spiro atoms. The minimum atomic E-state index is 0.336. The molecule has 0 saturated heterocycles. The van der Waals surface area contributed by atoms with Gasteiger partial charge in [-0.15, -0.1) is 11.6 Å². The summed E-state index contributed by atoms with van der Waals surface area (Å²) in [4.78, 5) is 9.36. The summed E-state index contributed by atoms with van der Waals surface area (Å²) in [5, 5.41) is 0. The molecule has 0 N–H and O–H groups in total. The van der Waals surface area contributed by atoms with Crippen LogP contribution < -0.4 is 0 Å². The SMILES string of the molecule is O=COC=CCCl. The van der Waals surface area contributed by atoms with E-state index in [-0.39, 0.29) is 0 Å². The summed E-state index contributed by atoms with van der Waals surface area (Å²) >= 11 is 5.15. The van der Waals surface area contributed by atoms with Gasteiger partial charge in [-0.25, -0.2) is 0 Å². The maximum Gasteiger partial charge on any atom is 0.297 e. The second kappa shape index (κ2) is 5.50. The van der Waals surface area contributed by atoms with E-state index < -0.39 is 0 Å². The van der Waals surface area contributed by atoms with Gasteiger partial charge in [-0.05, 0) is 6.08 Å². The maximum atomic E-state index is 9.36. The van der Waals surface area contributed by atoms with E-state index in [1.807, 2.05) is 0 Å². The molecule has 7 heavy (non-hydrogen) atoms. The van der Waals surface area contributed by atoms with Crippen molar-refractivity contribution in [3.63, 3.8) is 0 Å². The van der Waals surface area contributed by atoms with Crippen LogP contribution in [0.4, 0.5) is 0 Å². The normalized spacial score (nSPS) is 9.29. The van der Waals surface area contributed by atoms with Crippen molar-refractivity contribution in [3.05, 3.63) is 12.3 Å². The highest BCUT2D eigenvalue weighted by Gasteiger charge is 1.65. The van der Waals surface area contributed by atoms with Gasteiger partial charge in [0.1, 0.15) is 0 Å². The Bertz CT molecular complexity index is 70.1. The Morgan fingerprint density at radius 2 is 2.43 bits per heavy atom. The first-order valence-electron chi connectivity index (χ1n) is 1.72. The van der Waals surface area contributed by atoms with Gasteiger partial charge in [-0.2, -0.15) is 0 Å². The standard InChI is InChI=1S/C4H5ClO2/c5-2-1-3-7-4-6/h1,3-4H,2H2. The van der Waals surface area contributed by atoms with Crippen LogP contribution in [0.2, 0.25) is 0 Å². The second-order valence-corrected chi connectivity index (χ2v) is 1.07. The summed E-state index contributed by atoms with van der Waals surface area (Å²) in [6.45, 7) is 0.336. The number of hydrogen-bond donors (Lipinski definition) is 0. The molecular formula is C4H5ClO2. The minimum Gasteiger partial charge on any atom is -0.437 e. The zero-order valence-electron chi connectivity index (χ0n) is 3.63. The van der Waals surface area contributed by atoms with Crippen LogP contribution in [0, 0.1) is 0 Å². The lowest BCUT2D eigenvalue weighted by atomic mass is 10.7. The maximum absolute atomic E-state index is 9.36. The molecule has 0 unspecified atom stereocenters. The third-order valence-corrected chi connectivity index (χ3v) is 0.498. The highest BCUT2D eigenvalue weighted by molar-refractivity contribution is 6.18. The summed E-state index contributed by atoms with van der Waals surface area (Å²) < 4.78 is 4.13. The Morgan fingerprint density at radius 3 is 2.86 bits per heavy atom. The van der Waals surface area contributed by atoms with Crippen molar-refractivity contribution in [2.45, 2.75) is 0 Å². The van der Waals surface area contributed by atoms with Crippen molar-refractivity contribution in [2.75, 3.05) is 5.88 Å². The molecule has 0 aromatic heterocycles. The van der Waals surface area contributed by atoms with Gasteiger partial charge in [0.05, 0.1) is 6.26 Å². The van der Waals surface area contributed by atoms with Crippen molar-refractivity contribution >= 4 is 18.1 Å². The predicted molar refractivity (Wildman–Crippen MR) is 27.0 cm³/mol. The third-order valence-electron chi connectivity index (χ3n) is 0.319. The van der Waals surface area contributed by atoms with Crippen LogP contribution in [0.3, 0.4) is 0 Å². The molecule has 3 heteroatoms. The molecular weight excluding hydrogens is 115 g/mol. The number of ether oxygens (including phenoxy) is 1. The average molecular weight is 121 g/mol. The van der Waals surface area contributed by atoms with Gasteiger partial charge in [0.25, 0.3) is 6.47 Å². The van der Waals surface area contributed by atoms with E-state index in [2.05, 4.69) is 4.74 Å². The van der Waals surface area contributed by atoms with Crippen molar-refractivity contribution in [1.82, 2.24) is 0 Å². The Hall–Kier alpha value is -0.500. The lowest BCUT2D eigenvalue weighted by Gasteiger charge is -1.77. The number of alkyl halides is 1. The van der Waals surface area contributed by atoms with Gasteiger partial charge < -0.3 is 4.74 Å². The zero-order valence-corrected chi connectivity index (χ0v) is 4.39. The number of hydrogen-bond acceptors (Lipinski definition) is 2. The van der Waals surface area contributed by atoms with E-state index in [4.69, 9.17) is 11.6 Å². The summed E-state index contributed by atoms with van der Waals surface area (Å²) in [6, 6.07) is 0. The average Bonchev–Trinajstić information content (AvgIpc) is 1.69. The molecule has 0 radical (unpaired) electrons. The van der Waals surface area contributed by atoms with Crippen LogP contribution in [0.1, 0.15) is 0 Å². The predicted octanol–water partition coefficient (Wildman–Crippen LogP) is 0.912. The molecule has 40 valence electrons. The van der Waals surface area contributed by atoms with Gasteiger partial charge in [0, 0.05) is 5.88 Å².